The van der Waals surface area contributed by atoms with E-state index < -0.39 is 11.6 Å². The smallest absolute Gasteiger partial charge is 0.142 e. The Bertz CT molecular complexity index is 1150. The second-order valence-electron chi connectivity index (χ2n) is 6.61. The Morgan fingerprint density at radius 2 is 1.23 bits per heavy atom. The molecule has 0 amide bonds. The van der Waals surface area contributed by atoms with Crippen molar-refractivity contribution in [1.82, 2.24) is 0 Å². The maximum atomic E-state index is 14.2. The molecule has 0 radical (unpaired) electrons. The van der Waals surface area contributed by atoms with Crippen molar-refractivity contribution >= 4 is 11.8 Å². The first-order chi connectivity index (χ1) is 14.5. The van der Waals surface area contributed by atoms with Crippen molar-refractivity contribution in [2.24, 2.45) is 0 Å². The highest BCUT2D eigenvalue weighted by Crippen LogP contribution is 2.19. The molecule has 3 aromatic carbocycles. The van der Waals surface area contributed by atoms with Crippen molar-refractivity contribution in [3.05, 3.63) is 99.9 Å². The quantitative estimate of drug-likeness (QED) is 0.341. The number of benzene rings is 3. The Morgan fingerprint density at radius 3 is 1.77 bits per heavy atom. The number of hydrogen-bond acceptors (Lipinski definition) is 1. The summed E-state index contributed by atoms with van der Waals surface area (Å²) in [6, 6.07) is 14.6. The van der Waals surface area contributed by atoms with E-state index in [9.17, 15) is 13.2 Å². The lowest BCUT2D eigenvalue weighted by Crippen LogP contribution is -1.94. The molecule has 0 saturated carbocycles. The van der Waals surface area contributed by atoms with Gasteiger partial charge < -0.3 is 0 Å². The summed E-state index contributed by atoms with van der Waals surface area (Å²) in [4.78, 5) is 0.580. The van der Waals surface area contributed by atoms with E-state index in [1.807, 2.05) is 13.2 Å². The zero-order chi connectivity index (χ0) is 21.5. The van der Waals surface area contributed by atoms with Gasteiger partial charge in [-0.2, -0.15) is 0 Å². The van der Waals surface area contributed by atoms with E-state index in [-0.39, 0.29) is 11.4 Å². The molecular weight excluding hydrogens is 401 g/mol. The largest absolute Gasteiger partial charge is 0.206 e. The van der Waals surface area contributed by atoms with Crippen molar-refractivity contribution in [2.45, 2.75) is 24.7 Å². The molecule has 3 aromatic rings. The topological polar surface area (TPSA) is 0 Å². The van der Waals surface area contributed by atoms with Crippen LogP contribution in [-0.2, 0) is 6.42 Å². The van der Waals surface area contributed by atoms with Gasteiger partial charge in [0.15, 0.2) is 0 Å². The molecule has 30 heavy (non-hydrogen) atoms. The molecule has 0 nitrogen and oxygen atoms in total. The fourth-order valence-corrected chi connectivity index (χ4v) is 3.30. The molecule has 0 heterocycles. The Morgan fingerprint density at radius 1 is 0.700 bits per heavy atom. The zero-order valence-corrected chi connectivity index (χ0v) is 17.5. The monoisotopic (exact) mass is 420 g/mol. The van der Waals surface area contributed by atoms with E-state index in [0.29, 0.717) is 28.0 Å². The minimum atomic E-state index is -0.645. The van der Waals surface area contributed by atoms with Crippen LogP contribution >= 0.6 is 11.8 Å². The van der Waals surface area contributed by atoms with Crippen LogP contribution in [0.1, 0.15) is 41.2 Å². The summed E-state index contributed by atoms with van der Waals surface area (Å²) < 4.78 is 42.1. The van der Waals surface area contributed by atoms with Crippen molar-refractivity contribution in [3.63, 3.8) is 0 Å². The number of hydrogen-bond donors (Lipinski definition) is 0. The molecule has 0 fully saturated rings. The zero-order valence-electron chi connectivity index (χ0n) is 16.7. The summed E-state index contributed by atoms with van der Waals surface area (Å²) in [5.74, 6) is 9.68. The third kappa shape index (κ3) is 5.50. The molecule has 0 aliphatic rings. The van der Waals surface area contributed by atoms with Crippen LogP contribution in [0, 0.1) is 41.1 Å². The minimum absolute atomic E-state index is 0.227. The predicted molar refractivity (Wildman–Crippen MR) is 117 cm³/mol. The van der Waals surface area contributed by atoms with Gasteiger partial charge in [0, 0.05) is 21.6 Å². The van der Waals surface area contributed by atoms with E-state index in [1.54, 1.807) is 36.4 Å². The summed E-state index contributed by atoms with van der Waals surface area (Å²) in [6.07, 6.45) is 3.26. The molecule has 0 saturated heterocycles. The van der Waals surface area contributed by atoms with Gasteiger partial charge in [0.1, 0.15) is 17.5 Å². The highest BCUT2D eigenvalue weighted by Gasteiger charge is 2.08. The Hall–Kier alpha value is -3.08. The molecule has 0 N–H and O–H groups in total. The van der Waals surface area contributed by atoms with Crippen LogP contribution in [-0.4, -0.2) is 6.26 Å². The van der Waals surface area contributed by atoms with Gasteiger partial charge in [0.25, 0.3) is 0 Å². The fourth-order valence-electron chi connectivity index (χ4n) is 2.84. The summed E-state index contributed by atoms with van der Waals surface area (Å²) >= 11 is 1.34. The van der Waals surface area contributed by atoms with Gasteiger partial charge in [-0.15, -0.1) is 11.8 Å². The van der Waals surface area contributed by atoms with Crippen molar-refractivity contribution in [2.75, 3.05) is 6.26 Å². The lowest BCUT2D eigenvalue weighted by molar-refractivity contribution is 0.573. The Kier molecular flexibility index (Phi) is 7.28. The first kappa shape index (κ1) is 21.6. The SMILES string of the molecule is CCCc1cc(F)c(C#Cc2ccc(C#Cc3ccc(SC)c(F)c3)cc2)c(F)c1. The molecule has 4 heteroatoms. The first-order valence-electron chi connectivity index (χ1n) is 9.45. The summed E-state index contributed by atoms with van der Waals surface area (Å²) in [7, 11) is 0. The van der Waals surface area contributed by atoms with E-state index >= 15 is 0 Å². The third-order valence-corrected chi connectivity index (χ3v) is 5.13. The first-order valence-corrected chi connectivity index (χ1v) is 10.7. The Labute approximate surface area is 179 Å². The van der Waals surface area contributed by atoms with Gasteiger partial charge in [-0.05, 0) is 72.8 Å². The lowest BCUT2D eigenvalue weighted by atomic mass is 10.1. The van der Waals surface area contributed by atoms with Gasteiger partial charge in [-0.3, -0.25) is 0 Å². The van der Waals surface area contributed by atoms with Crippen molar-refractivity contribution in [3.8, 4) is 23.7 Å². The number of thioether (sulfide) groups is 1. The van der Waals surface area contributed by atoms with E-state index in [1.165, 1.54) is 30.0 Å². The standard InChI is InChI=1S/C26H19F3S/c1-3-4-21-16-23(27)22(24(28)17-21)13-11-19-7-5-18(6-8-19)9-10-20-12-14-26(30-2)25(29)15-20/h5-8,12,14-17H,3-4H2,1-2H3. The van der Waals surface area contributed by atoms with Crippen LogP contribution in [0.3, 0.4) is 0 Å². The number of halogens is 3. The second-order valence-corrected chi connectivity index (χ2v) is 7.46. The lowest BCUT2D eigenvalue weighted by Gasteiger charge is -2.02. The molecule has 0 bridgehead atoms. The summed E-state index contributed by atoms with van der Waals surface area (Å²) in [5.41, 5.74) is 2.34. The second kappa shape index (κ2) is 10.1. The molecule has 0 atom stereocenters. The van der Waals surface area contributed by atoms with Gasteiger partial charge in [-0.25, -0.2) is 13.2 Å². The summed E-state index contributed by atoms with van der Waals surface area (Å²) in [5, 5.41) is 0. The predicted octanol–water partition coefficient (Wildman–Crippen LogP) is 6.58. The number of aryl methyl sites for hydroxylation is 1. The molecule has 150 valence electrons. The molecule has 0 aliphatic heterocycles. The molecule has 0 unspecified atom stereocenters. The average molecular weight is 420 g/mol. The van der Waals surface area contributed by atoms with Crippen LogP contribution in [0.25, 0.3) is 0 Å². The van der Waals surface area contributed by atoms with Gasteiger partial charge in [0.05, 0.1) is 5.56 Å². The van der Waals surface area contributed by atoms with E-state index in [4.69, 9.17) is 0 Å². The van der Waals surface area contributed by atoms with Crippen LogP contribution in [0.2, 0.25) is 0 Å². The summed E-state index contributed by atoms with van der Waals surface area (Å²) in [6.45, 7) is 1.96. The van der Waals surface area contributed by atoms with Gasteiger partial charge in [0.2, 0.25) is 0 Å². The van der Waals surface area contributed by atoms with Crippen LogP contribution in [0.15, 0.2) is 59.5 Å². The Balaban J connectivity index is 1.76. The average Bonchev–Trinajstić information content (AvgIpc) is 2.73. The van der Waals surface area contributed by atoms with Gasteiger partial charge in [-0.1, -0.05) is 37.0 Å². The van der Waals surface area contributed by atoms with Crippen LogP contribution < -0.4 is 0 Å². The highest BCUT2D eigenvalue weighted by molar-refractivity contribution is 7.98. The van der Waals surface area contributed by atoms with Crippen LogP contribution in [0.5, 0.6) is 0 Å². The molecule has 0 spiro atoms. The van der Waals surface area contributed by atoms with Crippen LogP contribution in [0.4, 0.5) is 13.2 Å². The molecule has 3 rings (SSSR count). The molecule has 0 aromatic heterocycles. The van der Waals surface area contributed by atoms with Crippen molar-refractivity contribution < 1.29 is 13.2 Å². The maximum absolute atomic E-state index is 14.2. The fraction of sp³-hybridized carbons (Fsp3) is 0.154. The number of rotatable bonds is 3. The van der Waals surface area contributed by atoms with Crippen molar-refractivity contribution in [1.29, 1.82) is 0 Å². The minimum Gasteiger partial charge on any atom is -0.206 e. The van der Waals surface area contributed by atoms with E-state index in [2.05, 4.69) is 23.7 Å². The normalized spacial score (nSPS) is 10.0. The maximum Gasteiger partial charge on any atom is 0.142 e. The molecule has 0 aliphatic carbocycles. The third-order valence-electron chi connectivity index (χ3n) is 4.36. The van der Waals surface area contributed by atoms with E-state index in [0.717, 1.165) is 12.0 Å². The highest BCUT2D eigenvalue weighted by atomic mass is 32.2. The molecular formula is C26H19F3S. The van der Waals surface area contributed by atoms with Gasteiger partial charge >= 0.3 is 0 Å².